The van der Waals surface area contributed by atoms with Crippen LogP contribution in [0.4, 0.5) is 0 Å². The minimum absolute atomic E-state index is 0.00801. The molecule has 1 rings (SSSR count). The van der Waals surface area contributed by atoms with Crippen LogP contribution in [-0.4, -0.2) is 18.3 Å². The highest BCUT2D eigenvalue weighted by atomic mass is 35.5. The fourth-order valence-corrected chi connectivity index (χ4v) is 2.80. The monoisotopic (exact) mass is 275 g/mol. The zero-order valence-electron chi connectivity index (χ0n) is 10.8. The summed E-state index contributed by atoms with van der Waals surface area (Å²) in [6, 6.07) is 2.28. The number of nitrogens with one attached hydrogen (secondary N) is 1. The van der Waals surface area contributed by atoms with Crippen molar-refractivity contribution in [3.8, 4) is 0 Å². The Morgan fingerprint density at radius 2 is 2.12 bits per heavy atom. The lowest BCUT2D eigenvalue weighted by atomic mass is 9.83. The lowest BCUT2D eigenvalue weighted by molar-refractivity contribution is 0.110. The molecule has 0 aliphatic carbocycles. The molecule has 2 N–H and O–H groups in total. The van der Waals surface area contributed by atoms with Crippen LogP contribution in [-0.2, 0) is 0 Å². The van der Waals surface area contributed by atoms with E-state index in [1.807, 2.05) is 6.07 Å². The van der Waals surface area contributed by atoms with Gasteiger partial charge in [0.05, 0.1) is 4.34 Å². The number of aliphatic hydroxyl groups is 1. The van der Waals surface area contributed by atoms with E-state index < -0.39 is 0 Å². The molecule has 0 bridgehead atoms. The summed E-state index contributed by atoms with van der Waals surface area (Å²) in [5, 5.41) is 15.1. The molecule has 1 aromatic heterocycles. The summed E-state index contributed by atoms with van der Waals surface area (Å²) in [6.45, 7) is 7.47. The van der Waals surface area contributed by atoms with E-state index >= 15 is 0 Å². The fourth-order valence-electron chi connectivity index (χ4n) is 1.82. The van der Waals surface area contributed by atoms with Crippen LogP contribution in [0.1, 0.15) is 45.2 Å². The summed E-state index contributed by atoms with van der Waals surface area (Å²) >= 11 is 7.49. The molecule has 1 atom stereocenters. The number of hydrogen-bond donors (Lipinski definition) is 2. The average Bonchev–Trinajstić information content (AvgIpc) is 2.78. The van der Waals surface area contributed by atoms with Crippen LogP contribution in [0.5, 0.6) is 0 Å². The Balaban J connectivity index is 2.55. The van der Waals surface area contributed by atoms with E-state index in [0.29, 0.717) is 0 Å². The van der Waals surface area contributed by atoms with Gasteiger partial charge in [0.1, 0.15) is 0 Å². The van der Waals surface area contributed by atoms with Crippen LogP contribution in [0.15, 0.2) is 11.4 Å². The molecule has 0 aliphatic heterocycles. The number of hydrogen-bond acceptors (Lipinski definition) is 3. The molecule has 0 aromatic carbocycles. The van der Waals surface area contributed by atoms with Gasteiger partial charge in [-0.1, -0.05) is 25.4 Å². The smallest absolute Gasteiger partial charge is 0.0931 e. The van der Waals surface area contributed by atoms with Gasteiger partial charge in [-0.2, -0.15) is 0 Å². The number of aliphatic hydroxyl groups excluding tert-OH is 1. The molecule has 2 nitrogen and oxygen atoms in total. The predicted molar refractivity (Wildman–Crippen MR) is 75.8 cm³/mol. The first-order valence-electron chi connectivity index (χ1n) is 6.15. The molecule has 1 aromatic rings. The van der Waals surface area contributed by atoms with Gasteiger partial charge in [0.15, 0.2) is 0 Å². The standard InChI is InChI=1S/C13H22ClNOS/c1-4-13(5-2,9-16)8-15-10(3)11-6-12(14)17-7-11/h6-7,10,15-16H,4-5,8-9H2,1-3H3. The SMILES string of the molecule is CCC(CC)(CO)CNC(C)c1csc(Cl)c1. The Labute approximate surface area is 113 Å². The third kappa shape index (κ3) is 3.95. The maximum atomic E-state index is 9.51. The Morgan fingerprint density at radius 1 is 1.47 bits per heavy atom. The van der Waals surface area contributed by atoms with Crippen molar-refractivity contribution in [3.05, 3.63) is 21.3 Å². The highest BCUT2D eigenvalue weighted by molar-refractivity contribution is 7.14. The Bertz CT molecular complexity index is 328. The zero-order valence-corrected chi connectivity index (χ0v) is 12.4. The van der Waals surface area contributed by atoms with Crippen LogP contribution in [0.3, 0.4) is 0 Å². The zero-order chi connectivity index (χ0) is 12.9. The molecule has 4 heteroatoms. The average molecular weight is 276 g/mol. The van der Waals surface area contributed by atoms with E-state index in [1.54, 1.807) is 11.3 Å². The third-order valence-corrected chi connectivity index (χ3v) is 4.82. The summed E-state index contributed by atoms with van der Waals surface area (Å²) in [7, 11) is 0. The molecule has 0 saturated heterocycles. The summed E-state index contributed by atoms with van der Waals surface area (Å²) < 4.78 is 0.827. The molecule has 17 heavy (non-hydrogen) atoms. The molecule has 0 radical (unpaired) electrons. The van der Waals surface area contributed by atoms with Crippen molar-refractivity contribution in [1.82, 2.24) is 5.32 Å². The van der Waals surface area contributed by atoms with E-state index in [9.17, 15) is 5.11 Å². The van der Waals surface area contributed by atoms with Gasteiger partial charge in [0.2, 0.25) is 0 Å². The second-order valence-corrected chi connectivity index (χ2v) is 6.19. The molecule has 1 heterocycles. The van der Waals surface area contributed by atoms with Gasteiger partial charge in [-0.3, -0.25) is 0 Å². The Morgan fingerprint density at radius 3 is 2.53 bits per heavy atom. The van der Waals surface area contributed by atoms with Gasteiger partial charge < -0.3 is 10.4 Å². The van der Waals surface area contributed by atoms with Gasteiger partial charge in [-0.25, -0.2) is 0 Å². The molecule has 0 fully saturated rings. The minimum atomic E-state index is 0.00801. The van der Waals surface area contributed by atoms with E-state index in [-0.39, 0.29) is 18.1 Å². The van der Waals surface area contributed by atoms with Gasteiger partial charge in [0.25, 0.3) is 0 Å². The number of rotatable bonds is 7. The van der Waals surface area contributed by atoms with Crippen molar-refractivity contribution in [2.24, 2.45) is 5.41 Å². The predicted octanol–water partition coefficient (Wildman–Crippen LogP) is 3.85. The highest BCUT2D eigenvalue weighted by Gasteiger charge is 2.25. The van der Waals surface area contributed by atoms with Crippen molar-refractivity contribution < 1.29 is 5.11 Å². The second-order valence-electron chi connectivity index (χ2n) is 4.65. The van der Waals surface area contributed by atoms with Crippen molar-refractivity contribution in [2.75, 3.05) is 13.2 Å². The van der Waals surface area contributed by atoms with Crippen molar-refractivity contribution in [2.45, 2.75) is 39.7 Å². The molecule has 0 aliphatic rings. The maximum absolute atomic E-state index is 9.51. The number of thiophene rings is 1. The maximum Gasteiger partial charge on any atom is 0.0931 e. The van der Waals surface area contributed by atoms with E-state index in [4.69, 9.17) is 11.6 Å². The van der Waals surface area contributed by atoms with Crippen LogP contribution >= 0.6 is 22.9 Å². The summed E-state index contributed by atoms with van der Waals surface area (Å²) in [5.41, 5.74) is 1.23. The van der Waals surface area contributed by atoms with E-state index in [1.165, 1.54) is 5.56 Å². The third-order valence-electron chi connectivity index (χ3n) is 3.71. The second kappa shape index (κ2) is 6.74. The lowest BCUT2D eigenvalue weighted by Crippen LogP contribution is -2.37. The molecule has 0 amide bonds. The van der Waals surface area contributed by atoms with Gasteiger partial charge in [-0.15, -0.1) is 11.3 Å². The van der Waals surface area contributed by atoms with Crippen LogP contribution < -0.4 is 5.32 Å². The quantitative estimate of drug-likeness (QED) is 0.792. The summed E-state index contributed by atoms with van der Waals surface area (Å²) in [4.78, 5) is 0. The molecule has 1 unspecified atom stereocenters. The topological polar surface area (TPSA) is 32.3 Å². The fraction of sp³-hybridized carbons (Fsp3) is 0.692. The van der Waals surface area contributed by atoms with E-state index in [2.05, 4.69) is 31.5 Å². The molecule has 98 valence electrons. The highest BCUT2D eigenvalue weighted by Crippen LogP contribution is 2.28. The normalized spacial score (nSPS) is 13.9. The Hall–Kier alpha value is -0.0900. The van der Waals surface area contributed by atoms with Crippen molar-refractivity contribution >= 4 is 22.9 Å². The molecule has 0 saturated carbocycles. The van der Waals surface area contributed by atoms with Crippen LogP contribution in [0.25, 0.3) is 0 Å². The molecular formula is C13H22ClNOS. The van der Waals surface area contributed by atoms with Gasteiger partial charge >= 0.3 is 0 Å². The Kier molecular flexibility index (Phi) is 5.93. The van der Waals surface area contributed by atoms with Crippen molar-refractivity contribution in [3.63, 3.8) is 0 Å². The molecular weight excluding hydrogens is 254 g/mol. The minimum Gasteiger partial charge on any atom is -0.396 e. The lowest BCUT2D eigenvalue weighted by Gasteiger charge is -2.31. The largest absolute Gasteiger partial charge is 0.396 e. The summed E-state index contributed by atoms with van der Waals surface area (Å²) in [5.74, 6) is 0. The first-order chi connectivity index (χ1) is 8.06. The van der Waals surface area contributed by atoms with Crippen molar-refractivity contribution in [1.29, 1.82) is 0 Å². The van der Waals surface area contributed by atoms with E-state index in [0.717, 1.165) is 23.7 Å². The van der Waals surface area contributed by atoms with Gasteiger partial charge in [0, 0.05) is 24.6 Å². The first-order valence-corrected chi connectivity index (χ1v) is 7.41. The van der Waals surface area contributed by atoms with Crippen LogP contribution in [0, 0.1) is 5.41 Å². The number of halogens is 1. The molecule has 0 spiro atoms. The van der Waals surface area contributed by atoms with Crippen LogP contribution in [0.2, 0.25) is 4.34 Å². The van der Waals surface area contributed by atoms with Gasteiger partial charge in [-0.05, 0) is 36.8 Å². The first kappa shape index (κ1) is 15.0. The summed E-state index contributed by atoms with van der Waals surface area (Å²) in [6.07, 6.45) is 1.98.